The summed E-state index contributed by atoms with van der Waals surface area (Å²) in [5, 5.41) is 14.9. The fourth-order valence-corrected chi connectivity index (χ4v) is 3.49. The number of amides is 2. The van der Waals surface area contributed by atoms with Gasteiger partial charge in [-0.25, -0.2) is 0 Å². The molecule has 1 fully saturated rings. The smallest absolute Gasteiger partial charge is 0.254 e. The quantitative estimate of drug-likeness (QED) is 0.707. The Morgan fingerprint density at radius 3 is 2.72 bits per heavy atom. The third-order valence-corrected chi connectivity index (χ3v) is 5.04. The second-order valence-corrected chi connectivity index (χ2v) is 7.16. The maximum atomic E-state index is 12.9. The van der Waals surface area contributed by atoms with E-state index in [1.165, 1.54) is 17.3 Å². The van der Waals surface area contributed by atoms with Crippen LogP contribution in [-0.2, 0) is 7.05 Å². The minimum Gasteiger partial charge on any atom is -0.472 e. The molecule has 4 rings (SSSR count). The second-order valence-electron chi connectivity index (χ2n) is 7.16. The highest BCUT2D eigenvalue weighted by Crippen LogP contribution is 2.20. The average molecular weight is 394 g/mol. The molecule has 1 atom stereocenters. The molecule has 1 N–H and O–H groups in total. The van der Waals surface area contributed by atoms with Crippen molar-refractivity contribution in [3.63, 3.8) is 0 Å². The van der Waals surface area contributed by atoms with Crippen molar-refractivity contribution in [3.05, 3.63) is 54.0 Å². The van der Waals surface area contributed by atoms with Gasteiger partial charge in [0.15, 0.2) is 0 Å². The zero-order valence-corrected chi connectivity index (χ0v) is 16.1. The molecule has 0 spiro atoms. The number of likely N-dealkylation sites (tertiary alicyclic amines) is 1. The maximum absolute atomic E-state index is 12.9. The molecule has 1 saturated heterocycles. The van der Waals surface area contributed by atoms with Crippen molar-refractivity contribution in [1.82, 2.24) is 30.4 Å². The predicted octanol–water partition coefficient (Wildman–Crippen LogP) is 1.75. The molecule has 0 bridgehead atoms. The van der Waals surface area contributed by atoms with Gasteiger partial charge in [-0.15, -0.1) is 10.2 Å². The first-order valence-electron chi connectivity index (χ1n) is 9.54. The summed E-state index contributed by atoms with van der Waals surface area (Å²) in [5.74, 6) is 0.592. The van der Waals surface area contributed by atoms with E-state index in [9.17, 15) is 9.59 Å². The van der Waals surface area contributed by atoms with Gasteiger partial charge in [0.1, 0.15) is 6.26 Å². The molecule has 2 amide bonds. The molecule has 1 unspecified atom stereocenters. The van der Waals surface area contributed by atoms with Crippen molar-refractivity contribution < 1.29 is 14.0 Å². The first-order valence-corrected chi connectivity index (χ1v) is 9.54. The van der Waals surface area contributed by atoms with Crippen molar-refractivity contribution in [2.45, 2.75) is 12.8 Å². The number of tetrazole rings is 1. The number of rotatable bonds is 5. The fourth-order valence-electron chi connectivity index (χ4n) is 3.49. The van der Waals surface area contributed by atoms with E-state index in [0.717, 1.165) is 24.9 Å². The minimum atomic E-state index is -0.157. The normalized spacial score (nSPS) is 16.6. The molecule has 0 aliphatic carbocycles. The summed E-state index contributed by atoms with van der Waals surface area (Å²) in [6, 6.07) is 8.87. The number of benzene rings is 1. The summed E-state index contributed by atoms with van der Waals surface area (Å²) < 4.78 is 4.94. The van der Waals surface area contributed by atoms with Crippen molar-refractivity contribution in [3.8, 4) is 11.4 Å². The number of carbonyl (C=O) groups excluding carboxylic acids is 2. The van der Waals surface area contributed by atoms with Crippen molar-refractivity contribution >= 4 is 11.8 Å². The van der Waals surface area contributed by atoms with E-state index >= 15 is 0 Å². The van der Waals surface area contributed by atoms with E-state index in [0.29, 0.717) is 30.0 Å². The molecule has 1 aromatic carbocycles. The topological polar surface area (TPSA) is 106 Å². The second kappa shape index (κ2) is 8.26. The van der Waals surface area contributed by atoms with Gasteiger partial charge in [0.25, 0.3) is 11.8 Å². The van der Waals surface area contributed by atoms with Crippen LogP contribution >= 0.6 is 0 Å². The Morgan fingerprint density at radius 1 is 1.21 bits per heavy atom. The van der Waals surface area contributed by atoms with Crippen LogP contribution in [-0.4, -0.2) is 56.6 Å². The van der Waals surface area contributed by atoms with Crippen LogP contribution in [0.5, 0.6) is 0 Å². The highest BCUT2D eigenvalue weighted by Gasteiger charge is 2.25. The van der Waals surface area contributed by atoms with Gasteiger partial charge in [-0.2, -0.15) is 4.80 Å². The van der Waals surface area contributed by atoms with Crippen LogP contribution in [0.3, 0.4) is 0 Å². The van der Waals surface area contributed by atoms with Crippen molar-refractivity contribution in [2.24, 2.45) is 13.0 Å². The molecular formula is C20H22N6O3. The molecule has 9 heteroatoms. The van der Waals surface area contributed by atoms with E-state index in [4.69, 9.17) is 4.42 Å². The van der Waals surface area contributed by atoms with Crippen LogP contribution in [0.1, 0.15) is 33.6 Å². The Bertz CT molecular complexity index is 980. The largest absolute Gasteiger partial charge is 0.472 e. The van der Waals surface area contributed by atoms with Gasteiger partial charge >= 0.3 is 0 Å². The average Bonchev–Trinajstić information content (AvgIpc) is 3.44. The van der Waals surface area contributed by atoms with E-state index in [-0.39, 0.29) is 17.7 Å². The zero-order valence-electron chi connectivity index (χ0n) is 16.1. The molecule has 0 radical (unpaired) electrons. The van der Waals surface area contributed by atoms with Crippen LogP contribution in [0, 0.1) is 5.92 Å². The molecule has 150 valence electrons. The first-order chi connectivity index (χ1) is 14.1. The number of aromatic nitrogens is 4. The number of carbonyl (C=O) groups is 2. The standard InChI is InChI=1S/C20H22N6O3/c1-25-23-18(22-24-25)15-4-6-16(7-5-15)20(28)26-9-2-3-14(12-26)11-21-19(27)17-8-10-29-13-17/h4-8,10,13-14H,2-3,9,11-12H2,1H3,(H,21,27). The Kier molecular flexibility index (Phi) is 5.37. The highest BCUT2D eigenvalue weighted by atomic mass is 16.3. The molecule has 3 heterocycles. The van der Waals surface area contributed by atoms with E-state index in [2.05, 4.69) is 20.7 Å². The first kappa shape index (κ1) is 18.9. The number of furan rings is 1. The van der Waals surface area contributed by atoms with Gasteiger partial charge in [-0.1, -0.05) is 12.1 Å². The van der Waals surface area contributed by atoms with Gasteiger partial charge < -0.3 is 14.6 Å². The minimum absolute atomic E-state index is 0.00508. The Labute approximate surface area is 167 Å². The summed E-state index contributed by atoms with van der Waals surface area (Å²) in [7, 11) is 1.71. The number of nitrogens with zero attached hydrogens (tertiary/aromatic N) is 5. The molecule has 0 saturated carbocycles. The van der Waals surface area contributed by atoms with Gasteiger partial charge in [-0.3, -0.25) is 9.59 Å². The van der Waals surface area contributed by atoms with Crippen LogP contribution in [0.4, 0.5) is 0 Å². The summed E-state index contributed by atoms with van der Waals surface area (Å²) >= 11 is 0. The molecule has 2 aromatic heterocycles. The molecule has 1 aliphatic rings. The highest BCUT2D eigenvalue weighted by molar-refractivity contribution is 5.95. The monoisotopic (exact) mass is 394 g/mol. The van der Waals surface area contributed by atoms with E-state index < -0.39 is 0 Å². The number of nitrogens with one attached hydrogen (secondary N) is 1. The van der Waals surface area contributed by atoms with Crippen LogP contribution in [0.2, 0.25) is 0 Å². The number of piperidine rings is 1. The summed E-state index contributed by atoms with van der Waals surface area (Å²) in [6.45, 7) is 1.88. The number of aryl methyl sites for hydroxylation is 1. The summed E-state index contributed by atoms with van der Waals surface area (Å²) in [4.78, 5) is 28.2. The van der Waals surface area contributed by atoms with E-state index in [1.807, 2.05) is 17.0 Å². The van der Waals surface area contributed by atoms with Crippen molar-refractivity contribution in [2.75, 3.05) is 19.6 Å². The molecule has 29 heavy (non-hydrogen) atoms. The summed E-state index contributed by atoms with van der Waals surface area (Å²) in [6.07, 6.45) is 4.79. The molecule has 9 nitrogen and oxygen atoms in total. The lowest BCUT2D eigenvalue weighted by molar-refractivity contribution is 0.0671. The maximum Gasteiger partial charge on any atom is 0.254 e. The third-order valence-electron chi connectivity index (χ3n) is 5.04. The molecule has 3 aromatic rings. The predicted molar refractivity (Wildman–Crippen MR) is 104 cm³/mol. The van der Waals surface area contributed by atoms with Gasteiger partial charge in [0, 0.05) is 30.8 Å². The van der Waals surface area contributed by atoms with E-state index in [1.54, 1.807) is 25.2 Å². The Hall–Kier alpha value is -3.49. The van der Waals surface area contributed by atoms with Crippen LogP contribution in [0.15, 0.2) is 47.3 Å². The lowest BCUT2D eigenvalue weighted by Crippen LogP contribution is -2.43. The molecule has 1 aliphatic heterocycles. The number of hydrogen-bond donors (Lipinski definition) is 1. The van der Waals surface area contributed by atoms with Crippen molar-refractivity contribution in [1.29, 1.82) is 0 Å². The van der Waals surface area contributed by atoms with Gasteiger partial charge in [-0.05, 0) is 42.2 Å². The Morgan fingerprint density at radius 2 is 2.03 bits per heavy atom. The van der Waals surface area contributed by atoms with Gasteiger partial charge in [0.2, 0.25) is 5.82 Å². The lowest BCUT2D eigenvalue weighted by Gasteiger charge is -2.33. The summed E-state index contributed by atoms with van der Waals surface area (Å²) in [5.41, 5.74) is 1.94. The fraction of sp³-hybridized carbons (Fsp3) is 0.350. The lowest BCUT2D eigenvalue weighted by atomic mass is 9.97. The van der Waals surface area contributed by atoms with Crippen LogP contribution < -0.4 is 5.32 Å². The number of hydrogen-bond acceptors (Lipinski definition) is 6. The zero-order chi connectivity index (χ0) is 20.2. The third kappa shape index (κ3) is 4.34. The molecular weight excluding hydrogens is 372 g/mol. The van der Waals surface area contributed by atoms with Crippen LogP contribution in [0.25, 0.3) is 11.4 Å². The Balaban J connectivity index is 1.35. The SMILES string of the molecule is Cn1nnc(-c2ccc(C(=O)N3CCCC(CNC(=O)c4ccoc4)C3)cc2)n1. The van der Waals surface area contributed by atoms with Gasteiger partial charge in [0.05, 0.1) is 18.9 Å².